The molecule has 16 heavy (non-hydrogen) atoms. The van der Waals surface area contributed by atoms with E-state index in [0.717, 1.165) is 6.92 Å². The number of hydrogen-bond acceptors (Lipinski definition) is 2. The highest BCUT2D eigenvalue weighted by molar-refractivity contribution is 5.82. The Hall–Kier alpha value is -1.27. The molecule has 0 aromatic carbocycles. The van der Waals surface area contributed by atoms with Gasteiger partial charge in [0.1, 0.15) is 12.6 Å². The minimum atomic E-state index is -4.60. The molecule has 0 radical (unpaired) electrons. The number of hydrogen-bond donors (Lipinski definition) is 1. The van der Waals surface area contributed by atoms with E-state index in [0.29, 0.717) is 4.90 Å². The van der Waals surface area contributed by atoms with Crippen LogP contribution in [0.2, 0.25) is 0 Å². The molecule has 0 aromatic heterocycles. The van der Waals surface area contributed by atoms with Gasteiger partial charge >= 0.3 is 12.1 Å². The first-order valence-electron chi connectivity index (χ1n) is 4.63. The fourth-order valence-electron chi connectivity index (χ4n) is 1.38. The van der Waals surface area contributed by atoms with Crippen LogP contribution in [-0.2, 0) is 9.59 Å². The fourth-order valence-corrected chi connectivity index (χ4v) is 1.38. The zero-order chi connectivity index (χ0) is 13.1. The summed E-state index contributed by atoms with van der Waals surface area (Å²) in [4.78, 5) is 22.2. The van der Waals surface area contributed by atoms with Crippen LogP contribution in [0.15, 0.2) is 0 Å². The minimum Gasteiger partial charge on any atom is -0.480 e. The molecule has 0 aliphatic rings. The van der Waals surface area contributed by atoms with Gasteiger partial charge in [-0.2, -0.15) is 13.2 Å². The van der Waals surface area contributed by atoms with Crippen molar-refractivity contribution in [2.45, 2.75) is 33.0 Å². The molecule has 94 valence electrons. The van der Waals surface area contributed by atoms with Crippen LogP contribution in [-0.4, -0.2) is 40.6 Å². The summed E-state index contributed by atoms with van der Waals surface area (Å²) in [6, 6.07) is -1.46. The monoisotopic (exact) mass is 241 g/mol. The molecule has 0 bridgehead atoms. The Morgan fingerprint density at radius 1 is 1.31 bits per heavy atom. The molecule has 1 N–H and O–H groups in total. The Morgan fingerprint density at radius 2 is 1.75 bits per heavy atom. The predicted molar refractivity (Wildman–Crippen MR) is 49.7 cm³/mol. The fraction of sp³-hybridized carbons (Fsp3) is 0.778. The van der Waals surface area contributed by atoms with E-state index >= 15 is 0 Å². The molecule has 0 saturated heterocycles. The lowest BCUT2D eigenvalue weighted by Gasteiger charge is -2.31. The molecule has 7 heteroatoms. The molecule has 0 rings (SSSR count). The lowest BCUT2D eigenvalue weighted by atomic mass is 10.0. The molecular formula is C9H14F3NO3. The second kappa shape index (κ2) is 5.18. The summed E-state index contributed by atoms with van der Waals surface area (Å²) >= 11 is 0. The maximum absolute atomic E-state index is 12.2. The molecule has 0 fully saturated rings. The van der Waals surface area contributed by atoms with Crippen LogP contribution in [0.3, 0.4) is 0 Å². The summed E-state index contributed by atoms with van der Waals surface area (Å²) in [6.07, 6.45) is -4.60. The summed E-state index contributed by atoms with van der Waals surface area (Å²) in [7, 11) is 0. The van der Waals surface area contributed by atoms with Gasteiger partial charge < -0.3 is 10.0 Å². The van der Waals surface area contributed by atoms with Gasteiger partial charge in [-0.1, -0.05) is 13.8 Å². The third kappa shape index (κ3) is 4.50. The highest BCUT2D eigenvalue weighted by Gasteiger charge is 2.39. The number of rotatable bonds is 4. The molecule has 0 heterocycles. The van der Waals surface area contributed by atoms with Gasteiger partial charge in [0.2, 0.25) is 5.91 Å². The first-order valence-corrected chi connectivity index (χ1v) is 4.63. The third-order valence-corrected chi connectivity index (χ3v) is 1.97. The molecule has 1 unspecified atom stereocenters. The Morgan fingerprint density at radius 3 is 1.94 bits per heavy atom. The number of carbonyl (C=O) groups excluding carboxylic acids is 1. The van der Waals surface area contributed by atoms with E-state index in [1.54, 1.807) is 0 Å². The van der Waals surface area contributed by atoms with Crippen LogP contribution < -0.4 is 0 Å². The van der Waals surface area contributed by atoms with Crippen LogP contribution in [0, 0.1) is 5.92 Å². The highest BCUT2D eigenvalue weighted by Crippen LogP contribution is 2.21. The Labute approximate surface area is 91.0 Å². The normalized spacial score (nSPS) is 13.7. The largest absolute Gasteiger partial charge is 0.480 e. The molecule has 4 nitrogen and oxygen atoms in total. The summed E-state index contributed by atoms with van der Waals surface area (Å²) in [5.41, 5.74) is 0. The molecule has 0 aliphatic carbocycles. The van der Waals surface area contributed by atoms with Gasteiger partial charge in [-0.05, 0) is 5.92 Å². The molecule has 0 spiro atoms. The first-order chi connectivity index (χ1) is 7.06. The Balaban J connectivity index is 5.01. The van der Waals surface area contributed by atoms with Crippen molar-refractivity contribution in [2.24, 2.45) is 5.92 Å². The van der Waals surface area contributed by atoms with E-state index in [2.05, 4.69) is 0 Å². The van der Waals surface area contributed by atoms with E-state index in [1.807, 2.05) is 0 Å². The van der Waals surface area contributed by atoms with Crippen molar-refractivity contribution in [1.29, 1.82) is 0 Å². The van der Waals surface area contributed by atoms with Gasteiger partial charge in [0, 0.05) is 6.92 Å². The van der Waals surface area contributed by atoms with Gasteiger partial charge in [-0.25, -0.2) is 4.79 Å². The van der Waals surface area contributed by atoms with Gasteiger partial charge in [-0.15, -0.1) is 0 Å². The zero-order valence-corrected chi connectivity index (χ0v) is 9.21. The average molecular weight is 241 g/mol. The lowest BCUT2D eigenvalue weighted by Crippen LogP contribution is -2.50. The van der Waals surface area contributed by atoms with E-state index in [4.69, 9.17) is 5.11 Å². The van der Waals surface area contributed by atoms with Crippen LogP contribution in [0.1, 0.15) is 20.8 Å². The molecule has 1 amide bonds. The first kappa shape index (κ1) is 14.7. The summed E-state index contributed by atoms with van der Waals surface area (Å²) in [5.74, 6) is -2.93. The van der Waals surface area contributed by atoms with Crippen LogP contribution in [0.5, 0.6) is 0 Å². The summed E-state index contributed by atoms with van der Waals surface area (Å²) < 4.78 is 36.5. The number of aliphatic carboxylic acids is 1. The van der Waals surface area contributed by atoms with E-state index in [1.165, 1.54) is 13.8 Å². The van der Waals surface area contributed by atoms with E-state index in [9.17, 15) is 22.8 Å². The highest BCUT2D eigenvalue weighted by atomic mass is 19.4. The van der Waals surface area contributed by atoms with Crippen molar-refractivity contribution in [3.8, 4) is 0 Å². The second-order valence-corrected chi connectivity index (χ2v) is 3.79. The van der Waals surface area contributed by atoms with Gasteiger partial charge in [0.05, 0.1) is 0 Å². The lowest BCUT2D eigenvalue weighted by molar-refractivity contribution is -0.173. The number of carboxylic acid groups (broad SMARTS) is 1. The van der Waals surface area contributed by atoms with Gasteiger partial charge in [0.25, 0.3) is 0 Å². The zero-order valence-electron chi connectivity index (χ0n) is 9.21. The molecular weight excluding hydrogens is 227 g/mol. The average Bonchev–Trinajstić information content (AvgIpc) is 1.98. The standard InChI is InChI=1S/C9H14F3NO3/c1-5(2)7(8(15)16)13(6(3)14)4-9(10,11)12/h5,7H,4H2,1-3H3,(H,15,16). The number of halogens is 3. The van der Waals surface area contributed by atoms with Crippen molar-refractivity contribution in [3.63, 3.8) is 0 Å². The molecule has 0 aromatic rings. The van der Waals surface area contributed by atoms with E-state index < -0.39 is 36.6 Å². The topological polar surface area (TPSA) is 57.6 Å². The SMILES string of the molecule is CC(=O)N(CC(F)(F)F)C(C(=O)O)C(C)C. The second-order valence-electron chi connectivity index (χ2n) is 3.79. The number of carboxylic acids is 1. The van der Waals surface area contributed by atoms with Crippen molar-refractivity contribution < 1.29 is 27.9 Å². The number of nitrogens with zero attached hydrogens (tertiary/aromatic N) is 1. The maximum atomic E-state index is 12.2. The number of alkyl halides is 3. The number of carbonyl (C=O) groups is 2. The minimum absolute atomic E-state index is 0.326. The quantitative estimate of drug-likeness (QED) is 0.811. The Bertz CT molecular complexity index is 276. The van der Waals surface area contributed by atoms with Crippen molar-refractivity contribution in [2.75, 3.05) is 6.54 Å². The van der Waals surface area contributed by atoms with Crippen molar-refractivity contribution >= 4 is 11.9 Å². The number of amides is 1. The van der Waals surface area contributed by atoms with Gasteiger partial charge in [0.15, 0.2) is 0 Å². The smallest absolute Gasteiger partial charge is 0.406 e. The maximum Gasteiger partial charge on any atom is 0.406 e. The molecule has 0 aliphatic heterocycles. The third-order valence-electron chi connectivity index (χ3n) is 1.97. The molecule has 1 atom stereocenters. The van der Waals surface area contributed by atoms with Gasteiger partial charge in [-0.3, -0.25) is 4.79 Å². The van der Waals surface area contributed by atoms with E-state index in [-0.39, 0.29) is 0 Å². The van der Waals surface area contributed by atoms with Crippen LogP contribution >= 0.6 is 0 Å². The predicted octanol–water partition coefficient (Wildman–Crippen LogP) is 1.51. The Kier molecular flexibility index (Phi) is 4.77. The summed E-state index contributed by atoms with van der Waals surface area (Å²) in [6.45, 7) is 2.28. The van der Waals surface area contributed by atoms with Crippen LogP contribution in [0.25, 0.3) is 0 Å². The van der Waals surface area contributed by atoms with Crippen LogP contribution in [0.4, 0.5) is 13.2 Å². The van der Waals surface area contributed by atoms with Crippen molar-refractivity contribution in [1.82, 2.24) is 4.90 Å². The summed E-state index contributed by atoms with van der Waals surface area (Å²) in [5, 5.41) is 8.80. The molecule has 0 saturated carbocycles. The van der Waals surface area contributed by atoms with Crippen molar-refractivity contribution in [3.05, 3.63) is 0 Å².